The molecule has 0 radical (unpaired) electrons. The smallest absolute Gasteiger partial charge is 0.257 e. The van der Waals surface area contributed by atoms with Crippen LogP contribution in [0, 0.1) is 0 Å². The first-order chi connectivity index (χ1) is 15.5. The molecule has 1 aromatic heterocycles. The van der Waals surface area contributed by atoms with Crippen LogP contribution in [0.25, 0.3) is 0 Å². The zero-order chi connectivity index (χ0) is 22.7. The molecule has 0 bridgehead atoms. The minimum Gasteiger partial charge on any atom is -0.467 e. The average molecular weight is 432 g/mol. The number of likely N-dealkylation sites (N-methyl/N-ethyl adjacent to an activating group) is 1. The third-order valence-electron chi connectivity index (χ3n) is 6.04. The molecule has 6 nitrogen and oxygen atoms in total. The van der Waals surface area contributed by atoms with Gasteiger partial charge in [0.15, 0.2) is 0 Å². The van der Waals surface area contributed by atoms with Crippen molar-refractivity contribution in [2.75, 3.05) is 23.8 Å². The summed E-state index contributed by atoms with van der Waals surface area (Å²) < 4.78 is 5.70. The lowest BCUT2D eigenvalue weighted by Crippen LogP contribution is -2.36. The molecule has 2 amide bonds. The average Bonchev–Trinajstić information content (AvgIpc) is 3.38. The van der Waals surface area contributed by atoms with E-state index in [1.807, 2.05) is 37.3 Å². The standard InChI is InChI=1S/C26H29N3O3/c1-4-19-9-5-7-11-22(19)27-25(30)17-28(3)26(31)21-13-14-32-24(21)16-29-18(2)15-20-10-6-8-12-23(20)29/h5-14,18H,4,15-17H2,1-3H3,(H,27,30). The van der Waals surface area contributed by atoms with Crippen LogP contribution in [0.1, 0.15) is 41.1 Å². The Labute approximate surface area is 188 Å². The molecule has 4 rings (SSSR count). The Morgan fingerprint density at radius 3 is 2.69 bits per heavy atom. The monoisotopic (exact) mass is 431 g/mol. The van der Waals surface area contributed by atoms with Gasteiger partial charge >= 0.3 is 0 Å². The Morgan fingerprint density at radius 2 is 1.88 bits per heavy atom. The van der Waals surface area contributed by atoms with Gasteiger partial charge in [-0.25, -0.2) is 0 Å². The summed E-state index contributed by atoms with van der Waals surface area (Å²) in [6, 6.07) is 18.0. The number of aryl methyl sites for hydroxylation is 1. The summed E-state index contributed by atoms with van der Waals surface area (Å²) in [5.41, 5.74) is 4.82. The summed E-state index contributed by atoms with van der Waals surface area (Å²) in [7, 11) is 1.64. The number of hydrogen-bond donors (Lipinski definition) is 1. The van der Waals surface area contributed by atoms with Gasteiger partial charge in [-0.05, 0) is 49.1 Å². The Kier molecular flexibility index (Phi) is 6.30. The van der Waals surface area contributed by atoms with Crippen LogP contribution in [0.15, 0.2) is 65.3 Å². The minimum absolute atomic E-state index is 0.0372. The van der Waals surface area contributed by atoms with Crippen molar-refractivity contribution in [3.63, 3.8) is 0 Å². The predicted molar refractivity (Wildman–Crippen MR) is 126 cm³/mol. The number of furan rings is 1. The van der Waals surface area contributed by atoms with Gasteiger partial charge in [0, 0.05) is 24.5 Å². The van der Waals surface area contributed by atoms with Crippen molar-refractivity contribution in [1.29, 1.82) is 0 Å². The zero-order valence-electron chi connectivity index (χ0n) is 18.8. The fourth-order valence-corrected chi connectivity index (χ4v) is 4.31. The van der Waals surface area contributed by atoms with Crippen LogP contribution in [0.5, 0.6) is 0 Å². The molecule has 1 N–H and O–H groups in total. The highest BCUT2D eigenvalue weighted by Gasteiger charge is 2.28. The molecule has 166 valence electrons. The molecule has 0 saturated heterocycles. The molecule has 6 heteroatoms. The van der Waals surface area contributed by atoms with Gasteiger partial charge in [-0.2, -0.15) is 0 Å². The Morgan fingerprint density at radius 1 is 1.12 bits per heavy atom. The third-order valence-corrected chi connectivity index (χ3v) is 6.04. The molecule has 0 fully saturated rings. The number of nitrogens with one attached hydrogen (secondary N) is 1. The van der Waals surface area contributed by atoms with Gasteiger partial charge in [-0.3, -0.25) is 9.59 Å². The number of carbonyl (C=O) groups is 2. The van der Waals surface area contributed by atoms with Crippen molar-refractivity contribution in [1.82, 2.24) is 4.90 Å². The van der Waals surface area contributed by atoms with Gasteiger partial charge in [-0.15, -0.1) is 0 Å². The molecule has 1 atom stereocenters. The van der Waals surface area contributed by atoms with Crippen molar-refractivity contribution in [3.8, 4) is 0 Å². The zero-order valence-corrected chi connectivity index (χ0v) is 18.8. The maximum atomic E-state index is 13.1. The summed E-state index contributed by atoms with van der Waals surface area (Å²) in [5.74, 6) is 0.156. The second kappa shape index (κ2) is 9.30. The maximum absolute atomic E-state index is 13.1. The molecule has 32 heavy (non-hydrogen) atoms. The van der Waals surface area contributed by atoms with Crippen LogP contribution in [0.4, 0.5) is 11.4 Å². The van der Waals surface area contributed by atoms with E-state index in [1.54, 1.807) is 19.4 Å². The number of amides is 2. The van der Waals surface area contributed by atoms with Crippen LogP contribution in [-0.2, 0) is 24.2 Å². The van der Waals surface area contributed by atoms with E-state index in [9.17, 15) is 9.59 Å². The van der Waals surface area contributed by atoms with E-state index in [4.69, 9.17) is 4.42 Å². The number of fused-ring (bicyclic) bond motifs is 1. The number of para-hydroxylation sites is 2. The number of rotatable bonds is 7. The van der Waals surface area contributed by atoms with Gasteiger partial charge in [0.1, 0.15) is 5.76 Å². The summed E-state index contributed by atoms with van der Waals surface area (Å²) in [6.45, 7) is 4.69. The number of anilines is 2. The summed E-state index contributed by atoms with van der Waals surface area (Å²) in [6.07, 6.45) is 3.34. The molecule has 0 spiro atoms. The van der Waals surface area contributed by atoms with E-state index >= 15 is 0 Å². The predicted octanol–water partition coefficient (Wildman–Crippen LogP) is 4.50. The first-order valence-electron chi connectivity index (χ1n) is 11.0. The van der Waals surface area contributed by atoms with Gasteiger partial charge in [0.05, 0.1) is 24.9 Å². The highest BCUT2D eigenvalue weighted by atomic mass is 16.3. The van der Waals surface area contributed by atoms with E-state index < -0.39 is 0 Å². The molecule has 1 unspecified atom stereocenters. The number of nitrogens with zero attached hydrogens (tertiary/aromatic N) is 2. The molecule has 2 heterocycles. The van der Waals surface area contributed by atoms with Crippen molar-refractivity contribution in [2.45, 2.75) is 39.3 Å². The van der Waals surface area contributed by atoms with Crippen LogP contribution < -0.4 is 10.2 Å². The fraction of sp³-hybridized carbons (Fsp3) is 0.308. The van der Waals surface area contributed by atoms with Crippen LogP contribution in [-0.4, -0.2) is 36.3 Å². The summed E-state index contributed by atoms with van der Waals surface area (Å²) in [4.78, 5) is 29.4. The molecule has 1 aliphatic rings. The first kappa shape index (κ1) is 21.7. The van der Waals surface area contributed by atoms with Crippen molar-refractivity contribution in [3.05, 3.63) is 83.3 Å². The molecular weight excluding hydrogens is 402 g/mol. The van der Waals surface area contributed by atoms with Crippen LogP contribution in [0.2, 0.25) is 0 Å². The van der Waals surface area contributed by atoms with Crippen LogP contribution >= 0.6 is 0 Å². The van der Waals surface area contributed by atoms with Gasteiger partial charge in [-0.1, -0.05) is 43.3 Å². The summed E-state index contributed by atoms with van der Waals surface area (Å²) >= 11 is 0. The van der Waals surface area contributed by atoms with Crippen molar-refractivity contribution in [2.24, 2.45) is 0 Å². The van der Waals surface area contributed by atoms with Crippen LogP contribution in [0.3, 0.4) is 0 Å². The molecular formula is C26H29N3O3. The molecule has 3 aromatic rings. The van der Waals surface area contributed by atoms with Gasteiger partial charge in [0.25, 0.3) is 5.91 Å². The van der Waals surface area contributed by atoms with E-state index in [0.717, 1.165) is 24.1 Å². The lowest BCUT2D eigenvalue weighted by molar-refractivity contribution is -0.116. The number of carbonyl (C=O) groups excluding carboxylic acids is 2. The quantitative estimate of drug-likeness (QED) is 0.598. The molecule has 1 aliphatic heterocycles. The topological polar surface area (TPSA) is 65.8 Å². The number of hydrogen-bond acceptors (Lipinski definition) is 4. The second-order valence-corrected chi connectivity index (χ2v) is 8.29. The van der Waals surface area contributed by atoms with E-state index in [-0.39, 0.29) is 18.4 Å². The second-order valence-electron chi connectivity index (χ2n) is 8.29. The minimum atomic E-state index is -0.229. The molecule has 0 aliphatic carbocycles. The third kappa shape index (κ3) is 4.40. The van der Waals surface area contributed by atoms with Crippen molar-refractivity contribution >= 4 is 23.2 Å². The largest absolute Gasteiger partial charge is 0.467 e. The highest BCUT2D eigenvalue weighted by Crippen LogP contribution is 2.33. The van der Waals surface area contributed by atoms with E-state index in [0.29, 0.717) is 23.9 Å². The normalized spacial score (nSPS) is 14.8. The van der Waals surface area contributed by atoms with Crippen molar-refractivity contribution < 1.29 is 14.0 Å². The Hall–Kier alpha value is -3.54. The highest BCUT2D eigenvalue weighted by molar-refractivity contribution is 6.00. The van der Waals surface area contributed by atoms with E-state index in [2.05, 4.69) is 35.3 Å². The maximum Gasteiger partial charge on any atom is 0.257 e. The lowest BCUT2D eigenvalue weighted by Gasteiger charge is -2.24. The molecule has 2 aromatic carbocycles. The number of benzene rings is 2. The Bertz CT molecular complexity index is 1120. The fourth-order valence-electron chi connectivity index (χ4n) is 4.31. The van der Waals surface area contributed by atoms with Gasteiger partial charge < -0.3 is 19.5 Å². The van der Waals surface area contributed by atoms with Gasteiger partial charge in [0.2, 0.25) is 5.91 Å². The Balaban J connectivity index is 1.43. The lowest BCUT2D eigenvalue weighted by atomic mass is 10.1. The first-order valence-corrected chi connectivity index (χ1v) is 11.0. The molecule has 0 saturated carbocycles. The SMILES string of the molecule is CCc1ccccc1NC(=O)CN(C)C(=O)c1ccoc1CN1c2ccccc2CC1C. The summed E-state index contributed by atoms with van der Waals surface area (Å²) in [5, 5.41) is 2.92. The van der Waals surface area contributed by atoms with E-state index in [1.165, 1.54) is 16.2 Å².